The van der Waals surface area contributed by atoms with Crippen LogP contribution in [0.25, 0.3) is 0 Å². The molecule has 0 radical (unpaired) electrons. The van der Waals surface area contributed by atoms with Gasteiger partial charge in [-0.15, -0.1) is 0 Å². The lowest BCUT2D eigenvalue weighted by Gasteiger charge is -2.34. The molecule has 3 rings (SSSR count). The van der Waals surface area contributed by atoms with Crippen molar-refractivity contribution < 1.29 is 24.2 Å². The van der Waals surface area contributed by atoms with E-state index in [2.05, 4.69) is 10.6 Å². The zero-order valence-electron chi connectivity index (χ0n) is 24.9. The molecule has 0 bridgehead atoms. The Bertz CT molecular complexity index is 1470. The molecule has 0 fully saturated rings. The summed E-state index contributed by atoms with van der Waals surface area (Å²) in [7, 11) is 0. The Labute approximate surface area is 247 Å². The van der Waals surface area contributed by atoms with Gasteiger partial charge >= 0.3 is 6.09 Å². The summed E-state index contributed by atoms with van der Waals surface area (Å²) in [5.74, 6) is -1.08. The molecule has 0 aliphatic heterocycles. The van der Waals surface area contributed by atoms with Crippen LogP contribution >= 0.6 is 0 Å². The van der Waals surface area contributed by atoms with Crippen molar-refractivity contribution in [3.8, 4) is 11.8 Å². The number of carbonyl (C=O) groups excluding carboxylic acids is 3. The second kappa shape index (κ2) is 13.7. The Balaban J connectivity index is 2.10. The van der Waals surface area contributed by atoms with E-state index >= 15 is 0 Å². The number of para-hydroxylation sites is 1. The minimum Gasteiger partial charge on any atom is -0.508 e. The number of hydrogen-bond acceptors (Lipinski definition) is 6. The molecule has 220 valence electrons. The molecule has 42 heavy (non-hydrogen) atoms. The van der Waals surface area contributed by atoms with Crippen LogP contribution in [-0.4, -0.2) is 46.1 Å². The molecule has 0 spiro atoms. The molecular formula is C33H38N4O5. The van der Waals surface area contributed by atoms with Crippen LogP contribution < -0.4 is 10.6 Å². The van der Waals surface area contributed by atoms with E-state index in [0.717, 1.165) is 16.7 Å². The van der Waals surface area contributed by atoms with Crippen LogP contribution in [-0.2, 0) is 20.7 Å². The number of rotatable bonds is 9. The first-order valence-electron chi connectivity index (χ1n) is 13.7. The molecule has 3 N–H and O–H groups in total. The number of aryl methyl sites for hydroxylation is 2. The molecule has 2 unspecified atom stereocenters. The van der Waals surface area contributed by atoms with Crippen molar-refractivity contribution in [3.63, 3.8) is 0 Å². The summed E-state index contributed by atoms with van der Waals surface area (Å²) in [6, 6.07) is 18.6. The number of phenols is 1. The minimum absolute atomic E-state index is 0.0270. The van der Waals surface area contributed by atoms with Crippen molar-refractivity contribution in [2.75, 3.05) is 11.9 Å². The molecule has 0 heterocycles. The monoisotopic (exact) mass is 570 g/mol. The standard InChI is InChI=1S/C33H38N4O5/c1-21-11-9-12-26(23(21)3)29(30(39)35-27-13-8-7-10-22(27)2)37(19-18-34)31(40)28(36-32(41)42-33(4,5)6)20-24-14-16-25(38)17-15-24/h7-17,28-29,38H,19-20H2,1-6H3,(H,35,39)(H,36,41). The van der Waals surface area contributed by atoms with Gasteiger partial charge < -0.3 is 25.4 Å². The molecule has 0 saturated heterocycles. The number of anilines is 1. The van der Waals surface area contributed by atoms with E-state index in [9.17, 15) is 24.8 Å². The maximum Gasteiger partial charge on any atom is 0.408 e. The minimum atomic E-state index is -1.18. The van der Waals surface area contributed by atoms with Gasteiger partial charge in [0.25, 0.3) is 5.91 Å². The average molecular weight is 571 g/mol. The second-order valence-corrected chi connectivity index (χ2v) is 11.2. The summed E-state index contributed by atoms with van der Waals surface area (Å²) in [4.78, 5) is 42.4. The van der Waals surface area contributed by atoms with Gasteiger partial charge in [-0.05, 0) is 87.6 Å². The fraction of sp³-hybridized carbons (Fsp3) is 0.333. The van der Waals surface area contributed by atoms with Crippen LogP contribution in [0.5, 0.6) is 5.75 Å². The Morgan fingerprint density at radius 3 is 2.21 bits per heavy atom. The third-order valence-electron chi connectivity index (χ3n) is 6.79. The number of ether oxygens (including phenoxy) is 1. The van der Waals surface area contributed by atoms with Gasteiger partial charge in [-0.3, -0.25) is 9.59 Å². The van der Waals surface area contributed by atoms with Crippen LogP contribution in [0.4, 0.5) is 10.5 Å². The molecule has 3 aromatic rings. The van der Waals surface area contributed by atoms with Crippen LogP contribution in [0.3, 0.4) is 0 Å². The van der Waals surface area contributed by atoms with Gasteiger partial charge in [0.2, 0.25) is 5.91 Å². The van der Waals surface area contributed by atoms with Crippen molar-refractivity contribution in [2.45, 2.75) is 65.6 Å². The van der Waals surface area contributed by atoms with Gasteiger partial charge in [0, 0.05) is 12.1 Å². The smallest absolute Gasteiger partial charge is 0.408 e. The second-order valence-electron chi connectivity index (χ2n) is 11.2. The first-order valence-corrected chi connectivity index (χ1v) is 13.7. The fourth-order valence-corrected chi connectivity index (χ4v) is 4.53. The van der Waals surface area contributed by atoms with Gasteiger partial charge in [0.05, 0.1) is 6.07 Å². The molecule has 9 heteroatoms. The summed E-state index contributed by atoms with van der Waals surface area (Å²) >= 11 is 0. The molecule has 0 saturated carbocycles. The normalized spacial score (nSPS) is 12.4. The summed E-state index contributed by atoms with van der Waals surface area (Å²) in [5, 5.41) is 25.2. The van der Waals surface area contributed by atoms with Crippen molar-refractivity contribution >= 4 is 23.6 Å². The number of hydrogen-bond donors (Lipinski definition) is 3. The van der Waals surface area contributed by atoms with Crippen molar-refractivity contribution in [1.29, 1.82) is 5.26 Å². The molecule has 0 aliphatic carbocycles. The maximum absolute atomic E-state index is 14.3. The molecule has 2 atom stereocenters. The predicted molar refractivity (Wildman–Crippen MR) is 161 cm³/mol. The van der Waals surface area contributed by atoms with Crippen molar-refractivity contribution in [1.82, 2.24) is 10.2 Å². The van der Waals surface area contributed by atoms with E-state index in [1.807, 2.05) is 45.0 Å². The van der Waals surface area contributed by atoms with Gasteiger partial charge in [-0.1, -0.05) is 48.5 Å². The first kappa shape index (κ1) is 31.7. The Hall–Kier alpha value is -4.84. The number of nitriles is 1. The van der Waals surface area contributed by atoms with E-state index in [4.69, 9.17) is 4.74 Å². The number of carbonyl (C=O) groups is 3. The molecule has 3 amide bonds. The van der Waals surface area contributed by atoms with Crippen LogP contribution in [0.15, 0.2) is 66.7 Å². The lowest BCUT2D eigenvalue weighted by Crippen LogP contribution is -2.53. The average Bonchev–Trinajstić information content (AvgIpc) is 2.91. The van der Waals surface area contributed by atoms with Crippen LogP contribution in [0, 0.1) is 32.1 Å². The predicted octanol–water partition coefficient (Wildman–Crippen LogP) is 5.49. The van der Waals surface area contributed by atoms with E-state index in [1.54, 1.807) is 57.2 Å². The Kier molecular flexibility index (Phi) is 10.3. The van der Waals surface area contributed by atoms with E-state index in [1.165, 1.54) is 17.0 Å². The number of alkyl carbamates (subject to hydrolysis) is 1. The molecular weight excluding hydrogens is 532 g/mol. The number of benzene rings is 3. The fourth-order valence-electron chi connectivity index (χ4n) is 4.53. The summed E-state index contributed by atoms with van der Waals surface area (Å²) in [5.41, 5.74) is 3.51. The molecule has 3 aromatic carbocycles. The van der Waals surface area contributed by atoms with Gasteiger partial charge in [-0.25, -0.2) is 4.79 Å². The topological polar surface area (TPSA) is 132 Å². The summed E-state index contributed by atoms with van der Waals surface area (Å²) < 4.78 is 5.43. The number of aromatic hydroxyl groups is 1. The number of amides is 3. The summed E-state index contributed by atoms with van der Waals surface area (Å²) in [6.07, 6.45) is -0.789. The van der Waals surface area contributed by atoms with Crippen molar-refractivity contribution in [2.24, 2.45) is 0 Å². The molecule has 0 aromatic heterocycles. The number of nitrogens with zero attached hydrogens (tertiary/aromatic N) is 2. The lowest BCUT2D eigenvalue weighted by atomic mass is 9.94. The van der Waals surface area contributed by atoms with Gasteiger partial charge in [0.1, 0.15) is 30.0 Å². The lowest BCUT2D eigenvalue weighted by molar-refractivity contribution is -0.140. The third kappa shape index (κ3) is 8.33. The quantitative estimate of drug-likeness (QED) is 0.292. The first-order chi connectivity index (χ1) is 19.8. The van der Waals surface area contributed by atoms with Gasteiger partial charge in [-0.2, -0.15) is 5.26 Å². The van der Waals surface area contributed by atoms with Gasteiger partial charge in [0.15, 0.2) is 0 Å². The Morgan fingerprint density at radius 2 is 1.60 bits per heavy atom. The highest BCUT2D eigenvalue weighted by molar-refractivity contribution is 5.99. The highest BCUT2D eigenvalue weighted by atomic mass is 16.6. The SMILES string of the molecule is Cc1ccccc1NC(=O)C(c1cccc(C)c1C)N(CC#N)C(=O)C(Cc1ccc(O)cc1)NC(=O)OC(C)(C)C. The van der Waals surface area contributed by atoms with Crippen LogP contribution in [0.1, 0.15) is 54.6 Å². The Morgan fingerprint density at radius 1 is 0.952 bits per heavy atom. The number of nitrogens with one attached hydrogen (secondary N) is 2. The highest BCUT2D eigenvalue weighted by Gasteiger charge is 2.37. The zero-order chi connectivity index (χ0) is 31.0. The van der Waals surface area contributed by atoms with Crippen molar-refractivity contribution in [3.05, 3.63) is 94.5 Å². The van der Waals surface area contributed by atoms with E-state index < -0.39 is 42.1 Å². The van der Waals surface area contributed by atoms with E-state index in [0.29, 0.717) is 16.8 Å². The van der Waals surface area contributed by atoms with E-state index in [-0.39, 0.29) is 12.2 Å². The third-order valence-corrected chi connectivity index (χ3v) is 6.79. The largest absolute Gasteiger partial charge is 0.508 e. The molecule has 0 aliphatic rings. The maximum atomic E-state index is 14.3. The number of phenolic OH excluding ortho intramolecular Hbond substituents is 1. The molecule has 9 nitrogen and oxygen atoms in total. The summed E-state index contributed by atoms with van der Waals surface area (Å²) in [6.45, 7) is 10.3. The van der Waals surface area contributed by atoms with Crippen LogP contribution in [0.2, 0.25) is 0 Å². The zero-order valence-corrected chi connectivity index (χ0v) is 24.9. The highest BCUT2D eigenvalue weighted by Crippen LogP contribution is 2.29.